The van der Waals surface area contributed by atoms with E-state index >= 15 is 0 Å². The number of aromatic nitrogens is 2. The Morgan fingerprint density at radius 3 is 2.75 bits per heavy atom. The van der Waals surface area contributed by atoms with Crippen LogP contribution in [0.3, 0.4) is 0 Å². The summed E-state index contributed by atoms with van der Waals surface area (Å²) in [6, 6.07) is 5.25. The summed E-state index contributed by atoms with van der Waals surface area (Å²) in [5.41, 5.74) is 2.02. The second-order valence-electron chi connectivity index (χ2n) is 6.07. The number of carbonyl (C=O) groups is 2. The third-order valence-electron chi connectivity index (χ3n) is 4.63. The Labute approximate surface area is 136 Å². The van der Waals surface area contributed by atoms with Crippen LogP contribution in [0.25, 0.3) is 0 Å². The number of benzene rings is 1. The maximum absolute atomic E-state index is 12.7. The predicted octanol–water partition coefficient (Wildman–Crippen LogP) is 0.626. The molecule has 8 heteroatoms. The van der Waals surface area contributed by atoms with Crippen LogP contribution in [-0.4, -0.2) is 40.0 Å². The van der Waals surface area contributed by atoms with Gasteiger partial charge < -0.3 is 14.6 Å². The molecule has 2 amide bonds. The number of H-pyrrole nitrogens is 1. The Hall–Kier alpha value is -2.90. The molecule has 0 spiro atoms. The van der Waals surface area contributed by atoms with Crippen molar-refractivity contribution >= 4 is 11.8 Å². The minimum absolute atomic E-state index is 0.0406. The molecule has 3 heterocycles. The highest BCUT2D eigenvalue weighted by molar-refractivity contribution is 6.02. The molecule has 0 radical (unpaired) electrons. The lowest BCUT2D eigenvalue weighted by atomic mass is 9.96. The maximum Gasteiger partial charge on any atom is 0.434 e. The molecule has 2 N–H and O–H groups in total. The second kappa shape index (κ2) is 5.63. The van der Waals surface area contributed by atoms with Gasteiger partial charge in [-0.15, -0.1) is 5.10 Å². The number of amides is 2. The molecule has 1 aromatic heterocycles. The van der Waals surface area contributed by atoms with E-state index in [4.69, 9.17) is 4.42 Å². The van der Waals surface area contributed by atoms with Crippen LogP contribution in [0, 0.1) is 0 Å². The Morgan fingerprint density at radius 2 is 2.04 bits per heavy atom. The first-order valence-corrected chi connectivity index (χ1v) is 7.87. The van der Waals surface area contributed by atoms with E-state index in [1.807, 2.05) is 6.07 Å². The van der Waals surface area contributed by atoms with Crippen molar-refractivity contribution in [3.63, 3.8) is 0 Å². The first-order valence-electron chi connectivity index (χ1n) is 7.87. The molecule has 0 unspecified atom stereocenters. The second-order valence-corrected chi connectivity index (χ2v) is 6.07. The summed E-state index contributed by atoms with van der Waals surface area (Å²) < 4.78 is 5.00. The third-order valence-corrected chi connectivity index (χ3v) is 4.63. The number of nitrogens with zero attached hydrogens (tertiary/aromatic N) is 2. The van der Waals surface area contributed by atoms with Crippen molar-refractivity contribution in [3.8, 4) is 0 Å². The fraction of sp³-hybridized carbons (Fsp3) is 0.375. The lowest BCUT2D eigenvalue weighted by molar-refractivity contribution is 0.0706. The van der Waals surface area contributed by atoms with Crippen molar-refractivity contribution < 1.29 is 14.0 Å². The summed E-state index contributed by atoms with van der Waals surface area (Å²) in [4.78, 5) is 37.2. The topological polar surface area (TPSA) is 108 Å². The Morgan fingerprint density at radius 1 is 1.25 bits per heavy atom. The van der Waals surface area contributed by atoms with E-state index < -0.39 is 5.76 Å². The van der Waals surface area contributed by atoms with Gasteiger partial charge >= 0.3 is 5.76 Å². The molecular weight excluding hydrogens is 312 g/mol. The smallest absolute Gasteiger partial charge is 0.392 e. The zero-order chi connectivity index (χ0) is 16.7. The summed E-state index contributed by atoms with van der Waals surface area (Å²) in [6.45, 7) is 1.63. The van der Waals surface area contributed by atoms with E-state index in [1.54, 1.807) is 17.0 Å². The number of piperidine rings is 1. The van der Waals surface area contributed by atoms with Crippen LogP contribution in [0.2, 0.25) is 0 Å². The third kappa shape index (κ3) is 2.49. The zero-order valence-corrected chi connectivity index (χ0v) is 12.9. The molecule has 24 heavy (non-hydrogen) atoms. The van der Waals surface area contributed by atoms with Gasteiger partial charge in [0, 0.05) is 36.7 Å². The number of hydrogen-bond acceptors (Lipinski definition) is 5. The summed E-state index contributed by atoms with van der Waals surface area (Å²) in [5.74, 6) is -0.327. The molecule has 124 valence electrons. The lowest BCUT2D eigenvalue weighted by Crippen LogP contribution is -2.38. The van der Waals surface area contributed by atoms with E-state index in [-0.39, 0.29) is 17.7 Å². The minimum Gasteiger partial charge on any atom is -0.392 e. The van der Waals surface area contributed by atoms with Crippen molar-refractivity contribution in [2.75, 3.05) is 13.1 Å². The highest BCUT2D eigenvalue weighted by atomic mass is 16.4. The Balaban J connectivity index is 1.46. The van der Waals surface area contributed by atoms with Crippen LogP contribution in [-0.2, 0) is 6.54 Å². The van der Waals surface area contributed by atoms with E-state index in [0.717, 1.165) is 5.56 Å². The number of hydrogen-bond donors (Lipinski definition) is 2. The molecule has 1 saturated heterocycles. The molecule has 1 fully saturated rings. The Kier molecular flexibility index (Phi) is 3.44. The molecule has 4 rings (SSSR count). The van der Waals surface area contributed by atoms with Gasteiger partial charge in [0.25, 0.3) is 11.8 Å². The van der Waals surface area contributed by atoms with Gasteiger partial charge in [0.2, 0.25) is 5.89 Å². The first kappa shape index (κ1) is 14.7. The molecule has 2 aromatic rings. The van der Waals surface area contributed by atoms with Gasteiger partial charge in [-0.3, -0.25) is 9.59 Å². The number of carbonyl (C=O) groups excluding carboxylic acids is 2. The van der Waals surface area contributed by atoms with E-state index in [9.17, 15) is 14.4 Å². The van der Waals surface area contributed by atoms with Gasteiger partial charge in [-0.1, -0.05) is 6.07 Å². The summed E-state index contributed by atoms with van der Waals surface area (Å²) in [6.07, 6.45) is 1.37. The van der Waals surface area contributed by atoms with Gasteiger partial charge in [-0.2, -0.15) is 0 Å². The Bertz CT molecular complexity index is 861. The van der Waals surface area contributed by atoms with Gasteiger partial charge in [-0.25, -0.2) is 9.89 Å². The predicted molar refractivity (Wildman–Crippen MR) is 82.6 cm³/mol. The zero-order valence-electron chi connectivity index (χ0n) is 12.9. The van der Waals surface area contributed by atoms with Crippen molar-refractivity contribution in [1.29, 1.82) is 0 Å². The first-order chi connectivity index (χ1) is 11.6. The molecule has 0 aliphatic carbocycles. The van der Waals surface area contributed by atoms with Gasteiger partial charge in [0.1, 0.15) is 0 Å². The summed E-state index contributed by atoms with van der Waals surface area (Å²) in [7, 11) is 0. The normalized spacial score (nSPS) is 17.7. The molecule has 0 bridgehead atoms. The fourth-order valence-electron chi connectivity index (χ4n) is 3.27. The quantitative estimate of drug-likeness (QED) is 0.840. The largest absolute Gasteiger partial charge is 0.434 e. The van der Waals surface area contributed by atoms with Crippen LogP contribution < -0.4 is 11.1 Å². The van der Waals surface area contributed by atoms with Crippen molar-refractivity contribution in [2.24, 2.45) is 0 Å². The standard InChI is InChI=1S/C16H16N4O4/c21-13-12-7-10(1-2-11(12)8-17-13)15(22)20-5-3-9(4-6-20)14-18-19-16(23)24-14/h1-2,7,9H,3-6,8H2,(H,17,21)(H,19,23). The fourth-order valence-corrected chi connectivity index (χ4v) is 3.27. The molecular formula is C16H16N4O4. The maximum atomic E-state index is 12.7. The minimum atomic E-state index is -0.556. The highest BCUT2D eigenvalue weighted by Gasteiger charge is 2.28. The summed E-state index contributed by atoms with van der Waals surface area (Å²) >= 11 is 0. The highest BCUT2D eigenvalue weighted by Crippen LogP contribution is 2.27. The molecule has 2 aliphatic rings. The lowest BCUT2D eigenvalue weighted by Gasteiger charge is -2.30. The molecule has 1 aromatic carbocycles. The number of rotatable bonds is 2. The van der Waals surface area contributed by atoms with Crippen molar-refractivity contribution in [1.82, 2.24) is 20.4 Å². The average Bonchev–Trinajstić information content (AvgIpc) is 3.20. The van der Waals surface area contributed by atoms with Crippen LogP contribution in [0.1, 0.15) is 50.9 Å². The molecule has 2 aliphatic heterocycles. The van der Waals surface area contributed by atoms with E-state index in [2.05, 4.69) is 15.5 Å². The van der Waals surface area contributed by atoms with Gasteiger partial charge in [0.15, 0.2) is 0 Å². The SMILES string of the molecule is O=C1NCc2ccc(C(=O)N3CCC(c4n[nH]c(=O)o4)CC3)cc21. The van der Waals surface area contributed by atoms with Crippen LogP contribution >= 0.6 is 0 Å². The van der Waals surface area contributed by atoms with Crippen molar-refractivity contribution in [3.05, 3.63) is 51.3 Å². The monoisotopic (exact) mass is 328 g/mol. The van der Waals surface area contributed by atoms with Crippen LogP contribution in [0.5, 0.6) is 0 Å². The van der Waals surface area contributed by atoms with E-state index in [1.165, 1.54) is 0 Å². The van der Waals surface area contributed by atoms with Gasteiger partial charge in [0.05, 0.1) is 0 Å². The van der Waals surface area contributed by atoms with Gasteiger partial charge in [-0.05, 0) is 30.5 Å². The molecule has 0 saturated carbocycles. The number of likely N-dealkylation sites (tertiary alicyclic amines) is 1. The number of aromatic amines is 1. The summed E-state index contributed by atoms with van der Waals surface area (Å²) in [5, 5.41) is 8.87. The number of fused-ring (bicyclic) bond motifs is 1. The van der Waals surface area contributed by atoms with E-state index in [0.29, 0.717) is 49.5 Å². The molecule has 8 nitrogen and oxygen atoms in total. The molecule has 0 atom stereocenters. The van der Waals surface area contributed by atoms with Crippen LogP contribution in [0.15, 0.2) is 27.4 Å². The number of nitrogens with one attached hydrogen (secondary N) is 2. The van der Waals surface area contributed by atoms with Crippen molar-refractivity contribution in [2.45, 2.75) is 25.3 Å². The van der Waals surface area contributed by atoms with Crippen LogP contribution in [0.4, 0.5) is 0 Å². The average molecular weight is 328 g/mol.